The molecule has 1 aromatic rings. The topological polar surface area (TPSA) is 41.3 Å². The highest BCUT2D eigenvalue weighted by atomic mass is 19.4. The fourth-order valence-corrected chi connectivity index (χ4v) is 2.44. The van der Waals surface area contributed by atoms with Gasteiger partial charge < -0.3 is 9.67 Å². The number of hydrogen-bond acceptors (Lipinski definition) is 3. The number of likely N-dealkylation sites (tertiary alicyclic amines) is 1. The van der Waals surface area contributed by atoms with Crippen LogP contribution in [0, 0.1) is 5.92 Å². The van der Waals surface area contributed by atoms with Crippen molar-refractivity contribution in [2.75, 3.05) is 13.1 Å². The average molecular weight is 277 g/mol. The van der Waals surface area contributed by atoms with Crippen molar-refractivity contribution in [2.24, 2.45) is 13.0 Å². The summed E-state index contributed by atoms with van der Waals surface area (Å²) >= 11 is 0. The van der Waals surface area contributed by atoms with Crippen LogP contribution in [-0.4, -0.2) is 44.9 Å². The molecule has 0 aromatic carbocycles. The van der Waals surface area contributed by atoms with Crippen molar-refractivity contribution >= 4 is 0 Å². The van der Waals surface area contributed by atoms with Crippen molar-refractivity contribution in [3.05, 3.63) is 18.2 Å². The first-order valence-electron chi connectivity index (χ1n) is 6.31. The quantitative estimate of drug-likeness (QED) is 0.911. The Labute approximate surface area is 109 Å². The third kappa shape index (κ3) is 3.48. The van der Waals surface area contributed by atoms with E-state index in [4.69, 9.17) is 0 Å². The van der Waals surface area contributed by atoms with Gasteiger partial charge in [0.25, 0.3) is 0 Å². The first-order valence-corrected chi connectivity index (χ1v) is 6.31. The smallest absolute Gasteiger partial charge is 0.383 e. The van der Waals surface area contributed by atoms with E-state index >= 15 is 0 Å². The van der Waals surface area contributed by atoms with Crippen LogP contribution >= 0.6 is 0 Å². The second kappa shape index (κ2) is 5.50. The van der Waals surface area contributed by atoms with Gasteiger partial charge in [-0.15, -0.1) is 0 Å². The lowest BCUT2D eigenvalue weighted by atomic mass is 9.91. The van der Waals surface area contributed by atoms with E-state index in [0.29, 0.717) is 32.5 Å². The molecule has 0 spiro atoms. The van der Waals surface area contributed by atoms with Gasteiger partial charge in [0.15, 0.2) is 6.10 Å². The number of aryl methyl sites for hydroxylation is 1. The van der Waals surface area contributed by atoms with E-state index < -0.39 is 18.2 Å². The summed E-state index contributed by atoms with van der Waals surface area (Å²) in [6, 6.07) is 0. The summed E-state index contributed by atoms with van der Waals surface area (Å²) in [6.45, 7) is 1.76. The summed E-state index contributed by atoms with van der Waals surface area (Å²) in [5.41, 5.74) is 0. The zero-order valence-electron chi connectivity index (χ0n) is 10.8. The number of hydrogen-bond donors (Lipinski definition) is 1. The number of piperidine rings is 1. The molecule has 1 saturated heterocycles. The number of aliphatic hydroxyl groups excluding tert-OH is 1. The van der Waals surface area contributed by atoms with Gasteiger partial charge in [-0.1, -0.05) is 0 Å². The molecular weight excluding hydrogens is 259 g/mol. The zero-order chi connectivity index (χ0) is 14.0. The Morgan fingerprint density at radius 2 is 2.05 bits per heavy atom. The molecule has 0 saturated carbocycles. The number of aliphatic hydroxyl groups is 1. The van der Waals surface area contributed by atoms with E-state index in [-0.39, 0.29) is 0 Å². The van der Waals surface area contributed by atoms with Gasteiger partial charge in [-0.05, 0) is 31.8 Å². The molecule has 2 heterocycles. The van der Waals surface area contributed by atoms with E-state index in [1.54, 1.807) is 6.20 Å². The van der Waals surface area contributed by atoms with E-state index in [9.17, 15) is 18.3 Å². The minimum Gasteiger partial charge on any atom is -0.383 e. The molecule has 0 aliphatic carbocycles. The van der Waals surface area contributed by atoms with Gasteiger partial charge in [0.2, 0.25) is 0 Å². The summed E-state index contributed by atoms with van der Waals surface area (Å²) in [5, 5.41) is 9.24. The van der Waals surface area contributed by atoms with Gasteiger partial charge >= 0.3 is 6.18 Å². The van der Waals surface area contributed by atoms with Crippen LogP contribution in [0.25, 0.3) is 0 Å². The van der Waals surface area contributed by atoms with Gasteiger partial charge in [-0.3, -0.25) is 4.90 Å². The maximum atomic E-state index is 12.4. The Bertz CT molecular complexity index is 411. The normalized spacial score (nSPS) is 20.7. The fourth-order valence-electron chi connectivity index (χ4n) is 2.44. The van der Waals surface area contributed by atoms with Crippen molar-refractivity contribution in [3.63, 3.8) is 0 Å². The first kappa shape index (κ1) is 14.3. The first-order chi connectivity index (χ1) is 8.88. The molecule has 0 amide bonds. The minimum absolute atomic E-state index is 0.366. The Morgan fingerprint density at radius 1 is 1.42 bits per heavy atom. The van der Waals surface area contributed by atoms with Gasteiger partial charge in [-0.2, -0.15) is 13.2 Å². The van der Waals surface area contributed by atoms with E-state index in [1.807, 2.05) is 17.8 Å². The Hall–Kier alpha value is -1.08. The average Bonchev–Trinajstić information content (AvgIpc) is 2.74. The van der Waals surface area contributed by atoms with E-state index in [0.717, 1.165) is 5.82 Å². The summed E-state index contributed by atoms with van der Waals surface area (Å²) in [5.74, 6) is 0.215. The molecule has 0 radical (unpaired) electrons. The Morgan fingerprint density at radius 3 is 2.53 bits per heavy atom. The van der Waals surface area contributed by atoms with Gasteiger partial charge in [0, 0.05) is 19.4 Å². The molecule has 4 nitrogen and oxygen atoms in total. The van der Waals surface area contributed by atoms with Crippen LogP contribution < -0.4 is 0 Å². The van der Waals surface area contributed by atoms with E-state index in [1.165, 1.54) is 0 Å². The van der Waals surface area contributed by atoms with Gasteiger partial charge in [0.1, 0.15) is 5.82 Å². The standard InChI is InChI=1S/C12H18F3N3O/c1-17-7-4-16-10(17)8-18-5-2-9(3-6-18)11(19)12(13,14)15/h4,7,9,11,19H,2-3,5-6,8H2,1H3. The molecule has 108 valence electrons. The minimum atomic E-state index is -4.51. The third-order valence-electron chi connectivity index (χ3n) is 3.70. The predicted molar refractivity (Wildman–Crippen MR) is 63.3 cm³/mol. The van der Waals surface area contributed by atoms with E-state index in [2.05, 4.69) is 9.88 Å². The SMILES string of the molecule is Cn1ccnc1CN1CCC(C(O)C(F)(F)F)CC1. The van der Waals surface area contributed by atoms with Crippen LogP contribution in [0.1, 0.15) is 18.7 Å². The number of rotatable bonds is 3. The van der Waals surface area contributed by atoms with Crippen LogP contribution in [0.2, 0.25) is 0 Å². The lowest BCUT2D eigenvalue weighted by Gasteiger charge is -2.34. The second-order valence-corrected chi connectivity index (χ2v) is 5.05. The van der Waals surface area contributed by atoms with Crippen LogP contribution in [0.3, 0.4) is 0 Å². The molecule has 1 aromatic heterocycles. The van der Waals surface area contributed by atoms with Crippen molar-refractivity contribution in [1.82, 2.24) is 14.5 Å². The molecule has 1 N–H and O–H groups in total. The third-order valence-corrected chi connectivity index (χ3v) is 3.70. The van der Waals surface area contributed by atoms with Crippen molar-refractivity contribution < 1.29 is 18.3 Å². The number of nitrogens with zero attached hydrogens (tertiary/aromatic N) is 3. The van der Waals surface area contributed by atoms with Crippen LogP contribution in [0.4, 0.5) is 13.2 Å². The highest BCUT2D eigenvalue weighted by Crippen LogP contribution is 2.31. The molecule has 1 fully saturated rings. The molecule has 19 heavy (non-hydrogen) atoms. The zero-order valence-corrected chi connectivity index (χ0v) is 10.8. The Balaban J connectivity index is 1.84. The maximum Gasteiger partial charge on any atom is 0.414 e. The lowest BCUT2D eigenvalue weighted by molar-refractivity contribution is -0.223. The number of imidazole rings is 1. The molecule has 2 rings (SSSR count). The van der Waals surface area contributed by atoms with Gasteiger partial charge in [0.05, 0.1) is 6.54 Å². The van der Waals surface area contributed by atoms with Crippen LogP contribution in [-0.2, 0) is 13.6 Å². The highest BCUT2D eigenvalue weighted by molar-refractivity contribution is 4.92. The maximum absolute atomic E-state index is 12.4. The summed E-state index contributed by atoms with van der Waals surface area (Å²) in [7, 11) is 1.89. The largest absolute Gasteiger partial charge is 0.414 e. The monoisotopic (exact) mass is 277 g/mol. The molecule has 1 aliphatic heterocycles. The molecule has 1 aliphatic rings. The summed E-state index contributed by atoms with van der Waals surface area (Å²) in [6.07, 6.45) is -2.42. The molecule has 7 heteroatoms. The predicted octanol–water partition coefficient (Wildman–Crippen LogP) is 1.56. The fraction of sp³-hybridized carbons (Fsp3) is 0.750. The van der Waals surface area contributed by atoms with Gasteiger partial charge in [-0.25, -0.2) is 4.98 Å². The lowest BCUT2D eigenvalue weighted by Crippen LogP contribution is -2.43. The molecule has 1 atom stereocenters. The molecular formula is C12H18F3N3O. The van der Waals surface area contributed by atoms with Crippen LogP contribution in [0.5, 0.6) is 0 Å². The van der Waals surface area contributed by atoms with Crippen molar-refractivity contribution in [3.8, 4) is 0 Å². The Kier molecular flexibility index (Phi) is 4.15. The number of alkyl halides is 3. The second-order valence-electron chi connectivity index (χ2n) is 5.05. The van der Waals surface area contributed by atoms with Crippen molar-refractivity contribution in [1.29, 1.82) is 0 Å². The highest BCUT2D eigenvalue weighted by Gasteiger charge is 2.44. The summed E-state index contributed by atoms with van der Waals surface area (Å²) < 4.78 is 39.1. The van der Waals surface area contributed by atoms with Crippen molar-refractivity contribution in [2.45, 2.75) is 31.7 Å². The van der Waals surface area contributed by atoms with Crippen LogP contribution in [0.15, 0.2) is 12.4 Å². The number of aromatic nitrogens is 2. The number of halogens is 3. The molecule has 1 unspecified atom stereocenters. The summed E-state index contributed by atoms with van der Waals surface area (Å²) in [4.78, 5) is 6.27. The molecule has 0 bridgehead atoms.